The first-order valence-corrected chi connectivity index (χ1v) is 13.5. The van der Waals surface area contributed by atoms with Gasteiger partial charge in [-0.05, 0) is 113 Å². The first-order valence-electron chi connectivity index (χ1n) is 13.5. The zero-order valence-corrected chi connectivity index (χ0v) is 21.5. The smallest absolute Gasteiger partial charge is 0.231 e. The van der Waals surface area contributed by atoms with E-state index in [0.717, 1.165) is 50.0 Å². The third-order valence-corrected chi connectivity index (χ3v) is 9.92. The van der Waals surface area contributed by atoms with Gasteiger partial charge in [0.2, 0.25) is 6.79 Å². The van der Waals surface area contributed by atoms with Crippen molar-refractivity contribution >= 4 is 5.78 Å². The maximum Gasteiger partial charge on any atom is 0.231 e. The molecule has 6 rings (SSSR count). The summed E-state index contributed by atoms with van der Waals surface area (Å²) in [6.07, 6.45) is 8.40. The van der Waals surface area contributed by atoms with Crippen molar-refractivity contribution < 1.29 is 19.4 Å². The zero-order valence-electron chi connectivity index (χ0n) is 21.5. The van der Waals surface area contributed by atoms with Crippen LogP contribution in [0.5, 0.6) is 11.5 Å². The van der Waals surface area contributed by atoms with E-state index in [4.69, 9.17) is 9.47 Å². The molecular formula is C31H38O4. The number of aliphatic hydroxyl groups is 1. The van der Waals surface area contributed by atoms with Crippen molar-refractivity contribution in [2.24, 2.45) is 34.5 Å². The molecule has 1 N–H and O–H groups in total. The van der Waals surface area contributed by atoms with Crippen LogP contribution in [0.25, 0.3) is 0 Å². The summed E-state index contributed by atoms with van der Waals surface area (Å²) in [5.41, 5.74) is 1.28. The van der Waals surface area contributed by atoms with E-state index in [-0.39, 0.29) is 17.6 Å². The van der Waals surface area contributed by atoms with E-state index in [0.29, 0.717) is 41.8 Å². The van der Waals surface area contributed by atoms with Gasteiger partial charge in [-0.2, -0.15) is 0 Å². The molecule has 0 unspecified atom stereocenters. The summed E-state index contributed by atoms with van der Waals surface area (Å²) < 4.78 is 11.4. The first-order chi connectivity index (χ1) is 16.6. The predicted octanol–water partition coefficient (Wildman–Crippen LogP) is 6.03. The summed E-state index contributed by atoms with van der Waals surface area (Å²) in [6.45, 7) is 8.93. The standard InChI is InChI=1S/C31H38O4/c1-29(2,3)13-14-31(33)12-11-25-23-8-5-19-15-21(32)7-9-22(19)28(23)24(17-30(25,31)4)20-6-10-26-27(16-20)35-18-34-26/h6,10,15-16,22-25,28,33H,5,7-9,11-12,17-18H2,1-4H3/t22-,23-,24+,25-,28+,30-,31+/m0/s1. The normalized spacial score (nSPS) is 39.6. The Bertz CT molecular complexity index is 1150. The Morgan fingerprint density at radius 3 is 2.66 bits per heavy atom. The highest BCUT2D eigenvalue weighted by Crippen LogP contribution is 2.68. The van der Waals surface area contributed by atoms with Gasteiger partial charge in [0, 0.05) is 17.3 Å². The van der Waals surface area contributed by atoms with Gasteiger partial charge in [0.1, 0.15) is 5.60 Å². The van der Waals surface area contributed by atoms with Crippen LogP contribution in [-0.4, -0.2) is 23.3 Å². The second-order valence-corrected chi connectivity index (χ2v) is 13.0. The van der Waals surface area contributed by atoms with Crippen LogP contribution in [0, 0.1) is 46.3 Å². The predicted molar refractivity (Wildman–Crippen MR) is 135 cm³/mol. The lowest BCUT2D eigenvalue weighted by Gasteiger charge is -2.58. The average Bonchev–Trinajstić information content (AvgIpc) is 3.38. The molecule has 1 aromatic rings. The molecule has 0 radical (unpaired) electrons. The number of fused-ring (bicyclic) bond motifs is 6. The lowest BCUT2D eigenvalue weighted by Crippen LogP contribution is -2.54. The van der Waals surface area contributed by atoms with E-state index >= 15 is 0 Å². The number of benzene rings is 1. The van der Waals surface area contributed by atoms with Crippen molar-refractivity contribution in [3.63, 3.8) is 0 Å². The molecule has 0 amide bonds. The second-order valence-electron chi connectivity index (χ2n) is 13.0. The van der Waals surface area contributed by atoms with Gasteiger partial charge in [-0.15, -0.1) is 0 Å². The molecule has 1 aliphatic heterocycles. The number of carbonyl (C=O) groups is 1. The van der Waals surface area contributed by atoms with Crippen molar-refractivity contribution in [2.45, 2.75) is 84.2 Å². The topological polar surface area (TPSA) is 55.8 Å². The quantitative estimate of drug-likeness (QED) is 0.505. The van der Waals surface area contributed by atoms with Gasteiger partial charge in [0.25, 0.3) is 0 Å². The van der Waals surface area contributed by atoms with Crippen LogP contribution in [0.2, 0.25) is 0 Å². The molecule has 0 saturated heterocycles. The molecule has 0 aromatic heterocycles. The number of ether oxygens (including phenoxy) is 2. The molecule has 1 heterocycles. The summed E-state index contributed by atoms with van der Waals surface area (Å²) in [6, 6.07) is 6.43. The van der Waals surface area contributed by atoms with E-state index in [1.807, 2.05) is 12.1 Å². The lowest BCUT2D eigenvalue weighted by molar-refractivity contribution is -0.117. The number of allylic oxidation sites excluding steroid dienone is 1. The Balaban J connectivity index is 1.45. The third kappa shape index (κ3) is 3.65. The highest BCUT2D eigenvalue weighted by molar-refractivity contribution is 5.91. The van der Waals surface area contributed by atoms with E-state index in [1.54, 1.807) is 0 Å². The highest BCUT2D eigenvalue weighted by atomic mass is 16.7. The molecule has 3 saturated carbocycles. The van der Waals surface area contributed by atoms with E-state index in [1.165, 1.54) is 11.1 Å². The zero-order chi connectivity index (χ0) is 24.6. The molecule has 0 spiro atoms. The van der Waals surface area contributed by atoms with Gasteiger partial charge in [-0.1, -0.05) is 30.4 Å². The maximum atomic E-state index is 12.3. The van der Waals surface area contributed by atoms with Crippen molar-refractivity contribution in [3.05, 3.63) is 35.4 Å². The van der Waals surface area contributed by atoms with Gasteiger partial charge in [0.05, 0.1) is 0 Å². The minimum Gasteiger partial charge on any atom is -0.454 e. The van der Waals surface area contributed by atoms with Gasteiger partial charge < -0.3 is 14.6 Å². The fourth-order valence-corrected chi connectivity index (χ4v) is 8.29. The lowest BCUT2D eigenvalue weighted by atomic mass is 9.46. The van der Waals surface area contributed by atoms with Crippen LogP contribution < -0.4 is 9.47 Å². The maximum absolute atomic E-state index is 12.3. The Morgan fingerprint density at radius 2 is 1.86 bits per heavy atom. The summed E-state index contributed by atoms with van der Waals surface area (Å²) in [5, 5.41) is 12.1. The molecule has 7 atom stereocenters. The molecular weight excluding hydrogens is 436 g/mol. The molecule has 1 aromatic carbocycles. The van der Waals surface area contributed by atoms with Crippen LogP contribution >= 0.6 is 0 Å². The Kier molecular flexibility index (Phi) is 5.21. The number of carbonyl (C=O) groups excluding carboxylic acids is 1. The van der Waals surface area contributed by atoms with Crippen molar-refractivity contribution in [2.75, 3.05) is 6.79 Å². The number of hydrogen-bond donors (Lipinski definition) is 1. The minimum atomic E-state index is -0.969. The van der Waals surface area contributed by atoms with Crippen molar-refractivity contribution in [3.8, 4) is 23.3 Å². The molecule has 3 fully saturated rings. The molecule has 35 heavy (non-hydrogen) atoms. The molecule has 186 valence electrons. The largest absolute Gasteiger partial charge is 0.454 e. The van der Waals surface area contributed by atoms with Gasteiger partial charge in [-0.25, -0.2) is 0 Å². The average molecular weight is 475 g/mol. The summed E-state index contributed by atoms with van der Waals surface area (Å²) >= 11 is 0. The molecule has 0 bridgehead atoms. The Hall–Kier alpha value is -2.25. The summed E-state index contributed by atoms with van der Waals surface area (Å²) in [5.74, 6) is 11.0. The van der Waals surface area contributed by atoms with Crippen LogP contribution in [0.3, 0.4) is 0 Å². The van der Waals surface area contributed by atoms with Crippen LogP contribution in [0.4, 0.5) is 0 Å². The van der Waals surface area contributed by atoms with E-state index < -0.39 is 5.60 Å². The number of rotatable bonds is 1. The second kappa shape index (κ2) is 7.87. The fraction of sp³-hybridized carbons (Fsp3) is 0.645. The minimum absolute atomic E-state index is 0.142. The molecule has 4 nitrogen and oxygen atoms in total. The van der Waals surface area contributed by atoms with Crippen molar-refractivity contribution in [1.29, 1.82) is 0 Å². The highest BCUT2D eigenvalue weighted by Gasteiger charge is 2.64. The van der Waals surface area contributed by atoms with Crippen LogP contribution in [0.15, 0.2) is 29.8 Å². The summed E-state index contributed by atoms with van der Waals surface area (Å²) in [4.78, 5) is 12.3. The van der Waals surface area contributed by atoms with Gasteiger partial charge in [0.15, 0.2) is 17.3 Å². The first kappa shape index (κ1) is 23.2. The number of hydrogen-bond acceptors (Lipinski definition) is 4. The van der Waals surface area contributed by atoms with Crippen LogP contribution in [-0.2, 0) is 4.79 Å². The van der Waals surface area contributed by atoms with Gasteiger partial charge >= 0.3 is 0 Å². The summed E-state index contributed by atoms with van der Waals surface area (Å²) in [7, 11) is 0. The number of ketones is 1. The molecule has 4 aliphatic carbocycles. The molecule has 5 aliphatic rings. The van der Waals surface area contributed by atoms with Gasteiger partial charge in [-0.3, -0.25) is 4.79 Å². The molecule has 4 heteroatoms. The fourth-order valence-electron chi connectivity index (χ4n) is 8.29. The SMILES string of the molecule is CC(C)(C)C#C[C@]1(O)CC[C@H]2[C@@H]3CCC4=CC(=O)CC[C@@H]4[C@H]3[C@@H](c3ccc4c(c3)OCO4)C[C@@]21C. The monoisotopic (exact) mass is 474 g/mol. The van der Waals surface area contributed by atoms with Crippen LogP contribution in [0.1, 0.15) is 84.1 Å². The van der Waals surface area contributed by atoms with E-state index in [9.17, 15) is 9.90 Å². The third-order valence-electron chi connectivity index (χ3n) is 9.92. The Labute approximate surface area is 209 Å². The van der Waals surface area contributed by atoms with E-state index in [2.05, 4.69) is 51.7 Å². The Morgan fingerprint density at radius 1 is 1.06 bits per heavy atom. The van der Waals surface area contributed by atoms with Crippen molar-refractivity contribution in [1.82, 2.24) is 0 Å².